The summed E-state index contributed by atoms with van der Waals surface area (Å²) in [6.45, 7) is 2.32. The van der Waals surface area contributed by atoms with E-state index in [1.54, 1.807) is 12.1 Å². The fourth-order valence-corrected chi connectivity index (χ4v) is 1.64. The first-order valence-corrected chi connectivity index (χ1v) is 6.01. The van der Waals surface area contributed by atoms with Crippen LogP contribution in [0.5, 0.6) is 5.75 Å². The summed E-state index contributed by atoms with van der Waals surface area (Å²) in [4.78, 5) is 4.20. The minimum Gasteiger partial charge on any atom is -0.481 e. The molecule has 96 valence electrons. The number of nitrogens with two attached hydrogens (primary N) is 1. The van der Waals surface area contributed by atoms with E-state index >= 15 is 0 Å². The molecule has 0 aliphatic carbocycles. The molecule has 5 nitrogen and oxygen atoms in total. The van der Waals surface area contributed by atoms with Gasteiger partial charge in [0.25, 0.3) is 5.89 Å². The number of benzene rings is 1. The third kappa shape index (κ3) is 3.21. The molecule has 0 bridgehead atoms. The van der Waals surface area contributed by atoms with E-state index in [9.17, 15) is 0 Å². The molecule has 0 spiro atoms. The monoisotopic (exact) mass is 267 g/mol. The minimum atomic E-state index is -0.331. The van der Waals surface area contributed by atoms with Crippen molar-refractivity contribution in [3.8, 4) is 5.75 Å². The van der Waals surface area contributed by atoms with Gasteiger partial charge in [-0.1, -0.05) is 22.8 Å². The molecule has 2 rings (SSSR count). The Balaban J connectivity index is 2.04. The average Bonchev–Trinajstić information content (AvgIpc) is 2.78. The Bertz CT molecular complexity index is 516. The molecule has 0 aliphatic heterocycles. The molecular formula is C12H14ClN3O2. The van der Waals surface area contributed by atoms with Crippen molar-refractivity contribution >= 4 is 11.6 Å². The van der Waals surface area contributed by atoms with Gasteiger partial charge in [0.05, 0.1) is 0 Å². The van der Waals surface area contributed by atoms with Gasteiger partial charge in [-0.15, -0.1) is 0 Å². The zero-order valence-corrected chi connectivity index (χ0v) is 10.7. The average molecular weight is 268 g/mol. The molecule has 18 heavy (non-hydrogen) atoms. The quantitative estimate of drug-likeness (QED) is 0.900. The molecule has 0 amide bonds. The van der Waals surface area contributed by atoms with Crippen LogP contribution in [-0.2, 0) is 6.42 Å². The standard InChI is InChI=1S/C12H14ClN3O2/c1-8(12-15-11(5-6-14)16-18-12)17-10-4-2-3-9(13)7-10/h2-4,7-8H,5-6,14H2,1H3. The van der Waals surface area contributed by atoms with Crippen LogP contribution in [0.25, 0.3) is 0 Å². The SMILES string of the molecule is CC(Oc1cccc(Cl)c1)c1nc(CCN)no1. The van der Waals surface area contributed by atoms with Gasteiger partial charge in [0.2, 0.25) is 0 Å². The van der Waals surface area contributed by atoms with Crippen LogP contribution in [0.15, 0.2) is 28.8 Å². The highest BCUT2D eigenvalue weighted by Crippen LogP contribution is 2.23. The first kappa shape index (κ1) is 12.9. The van der Waals surface area contributed by atoms with Crippen LogP contribution < -0.4 is 10.5 Å². The van der Waals surface area contributed by atoms with Crippen molar-refractivity contribution in [2.75, 3.05) is 6.54 Å². The molecule has 1 aromatic carbocycles. The Morgan fingerprint density at radius 2 is 2.33 bits per heavy atom. The van der Waals surface area contributed by atoms with Crippen molar-refractivity contribution in [2.45, 2.75) is 19.4 Å². The summed E-state index contributed by atoms with van der Waals surface area (Å²) >= 11 is 5.87. The van der Waals surface area contributed by atoms with Crippen LogP contribution in [-0.4, -0.2) is 16.7 Å². The van der Waals surface area contributed by atoms with Gasteiger partial charge in [-0.05, 0) is 31.7 Å². The smallest absolute Gasteiger partial charge is 0.267 e. The Morgan fingerprint density at radius 3 is 3.06 bits per heavy atom. The third-order valence-corrected chi connectivity index (χ3v) is 2.54. The first-order valence-electron chi connectivity index (χ1n) is 5.64. The molecule has 2 N–H and O–H groups in total. The number of hydrogen-bond acceptors (Lipinski definition) is 5. The maximum atomic E-state index is 5.87. The summed E-state index contributed by atoms with van der Waals surface area (Å²) in [5, 5.41) is 4.43. The van der Waals surface area contributed by atoms with E-state index in [-0.39, 0.29) is 6.10 Å². The first-order chi connectivity index (χ1) is 8.69. The maximum Gasteiger partial charge on any atom is 0.267 e. The number of rotatable bonds is 5. The van der Waals surface area contributed by atoms with Crippen molar-refractivity contribution in [1.29, 1.82) is 0 Å². The molecule has 6 heteroatoms. The van der Waals surface area contributed by atoms with Crippen LogP contribution in [0.4, 0.5) is 0 Å². The molecular weight excluding hydrogens is 254 g/mol. The third-order valence-electron chi connectivity index (χ3n) is 2.31. The van der Waals surface area contributed by atoms with E-state index in [1.807, 2.05) is 19.1 Å². The molecule has 0 radical (unpaired) electrons. The summed E-state index contributed by atoms with van der Waals surface area (Å²) in [6.07, 6.45) is 0.260. The second-order valence-corrected chi connectivity index (χ2v) is 4.24. The van der Waals surface area contributed by atoms with Crippen molar-refractivity contribution in [1.82, 2.24) is 10.1 Å². The zero-order chi connectivity index (χ0) is 13.0. The lowest BCUT2D eigenvalue weighted by Gasteiger charge is -2.10. The second kappa shape index (κ2) is 5.84. The normalized spacial score (nSPS) is 12.4. The molecule has 1 atom stereocenters. The molecule has 0 fully saturated rings. The molecule has 1 aromatic heterocycles. The van der Waals surface area contributed by atoms with E-state index in [0.717, 1.165) is 0 Å². The van der Waals surface area contributed by atoms with E-state index in [4.69, 9.17) is 26.6 Å². The van der Waals surface area contributed by atoms with Crippen LogP contribution in [0.1, 0.15) is 24.7 Å². The topological polar surface area (TPSA) is 74.2 Å². The van der Waals surface area contributed by atoms with Gasteiger partial charge in [0.15, 0.2) is 11.9 Å². The van der Waals surface area contributed by atoms with Crippen molar-refractivity contribution < 1.29 is 9.26 Å². The van der Waals surface area contributed by atoms with Crippen LogP contribution >= 0.6 is 11.6 Å². The fourth-order valence-electron chi connectivity index (χ4n) is 1.46. The summed E-state index contributed by atoms with van der Waals surface area (Å²) in [7, 11) is 0. The molecule has 0 saturated carbocycles. The molecule has 0 aliphatic rings. The van der Waals surface area contributed by atoms with Gasteiger partial charge in [-0.25, -0.2) is 0 Å². The van der Waals surface area contributed by atoms with Gasteiger partial charge in [-0.3, -0.25) is 0 Å². The predicted octanol–water partition coefficient (Wildman–Crippen LogP) is 2.36. The second-order valence-electron chi connectivity index (χ2n) is 3.80. The minimum absolute atomic E-state index is 0.331. The molecule has 2 aromatic rings. The Hall–Kier alpha value is -1.59. The van der Waals surface area contributed by atoms with Crippen LogP contribution in [0, 0.1) is 0 Å². The predicted molar refractivity (Wildman–Crippen MR) is 67.6 cm³/mol. The van der Waals surface area contributed by atoms with E-state index in [1.165, 1.54) is 0 Å². The highest BCUT2D eigenvalue weighted by atomic mass is 35.5. The fraction of sp³-hybridized carbons (Fsp3) is 0.333. The lowest BCUT2D eigenvalue weighted by molar-refractivity contribution is 0.175. The van der Waals surface area contributed by atoms with E-state index < -0.39 is 0 Å². The molecule has 0 saturated heterocycles. The van der Waals surface area contributed by atoms with Gasteiger partial charge in [0.1, 0.15) is 5.75 Å². The molecule has 1 unspecified atom stereocenters. The summed E-state index contributed by atoms with van der Waals surface area (Å²) in [5.74, 6) is 1.68. The lowest BCUT2D eigenvalue weighted by Crippen LogP contribution is -2.06. The van der Waals surface area contributed by atoms with Gasteiger partial charge in [-0.2, -0.15) is 4.98 Å². The zero-order valence-electron chi connectivity index (χ0n) is 9.97. The van der Waals surface area contributed by atoms with Crippen molar-refractivity contribution in [3.05, 3.63) is 41.0 Å². The summed E-state index contributed by atoms with van der Waals surface area (Å²) in [5.41, 5.74) is 5.42. The number of ether oxygens (including phenoxy) is 1. The van der Waals surface area contributed by atoms with Crippen molar-refractivity contribution in [3.63, 3.8) is 0 Å². The highest BCUT2D eigenvalue weighted by Gasteiger charge is 2.15. The number of halogens is 1. The van der Waals surface area contributed by atoms with Gasteiger partial charge >= 0.3 is 0 Å². The molecule has 1 heterocycles. The Kier molecular flexibility index (Phi) is 4.17. The van der Waals surface area contributed by atoms with Crippen molar-refractivity contribution in [2.24, 2.45) is 5.73 Å². The Morgan fingerprint density at radius 1 is 1.50 bits per heavy atom. The maximum absolute atomic E-state index is 5.87. The highest BCUT2D eigenvalue weighted by molar-refractivity contribution is 6.30. The van der Waals surface area contributed by atoms with Crippen LogP contribution in [0.3, 0.4) is 0 Å². The Labute approximate surface area is 110 Å². The van der Waals surface area contributed by atoms with Gasteiger partial charge in [0, 0.05) is 11.4 Å². The largest absolute Gasteiger partial charge is 0.481 e. The number of nitrogens with zero attached hydrogens (tertiary/aromatic N) is 2. The summed E-state index contributed by atoms with van der Waals surface area (Å²) < 4.78 is 10.8. The van der Waals surface area contributed by atoms with Gasteiger partial charge < -0.3 is 15.0 Å². The van der Waals surface area contributed by atoms with E-state index in [0.29, 0.717) is 35.5 Å². The van der Waals surface area contributed by atoms with Crippen LogP contribution in [0.2, 0.25) is 5.02 Å². The summed E-state index contributed by atoms with van der Waals surface area (Å²) in [6, 6.07) is 7.15. The number of aromatic nitrogens is 2. The number of hydrogen-bond donors (Lipinski definition) is 1. The lowest BCUT2D eigenvalue weighted by atomic mass is 10.3. The van der Waals surface area contributed by atoms with E-state index in [2.05, 4.69) is 10.1 Å².